The zero-order chi connectivity index (χ0) is 17.6. The number of nitrogens with one attached hydrogen (secondary N) is 2. The molecule has 0 spiro atoms. The van der Waals surface area contributed by atoms with E-state index in [9.17, 15) is 9.59 Å². The van der Waals surface area contributed by atoms with Crippen LogP contribution in [-0.4, -0.2) is 35.7 Å². The maximum atomic E-state index is 12.4. The van der Waals surface area contributed by atoms with Crippen LogP contribution in [0.15, 0.2) is 47.4 Å². The van der Waals surface area contributed by atoms with Gasteiger partial charge < -0.3 is 10.2 Å². The summed E-state index contributed by atoms with van der Waals surface area (Å²) < 4.78 is 0. The predicted octanol–water partition coefficient (Wildman–Crippen LogP) is 1.91. The summed E-state index contributed by atoms with van der Waals surface area (Å²) in [5.41, 5.74) is 1.85. The zero-order valence-corrected chi connectivity index (χ0v) is 14.4. The molecular weight excluding hydrogens is 316 g/mol. The molecule has 0 saturated carbocycles. The van der Waals surface area contributed by atoms with Gasteiger partial charge in [0.2, 0.25) is 5.91 Å². The molecule has 2 heterocycles. The van der Waals surface area contributed by atoms with Crippen LogP contribution >= 0.6 is 0 Å². The van der Waals surface area contributed by atoms with Crippen LogP contribution in [-0.2, 0) is 4.79 Å². The number of amides is 1. The van der Waals surface area contributed by atoms with E-state index in [0.717, 1.165) is 31.6 Å². The van der Waals surface area contributed by atoms with Gasteiger partial charge in [-0.1, -0.05) is 37.3 Å². The van der Waals surface area contributed by atoms with Crippen molar-refractivity contribution in [2.24, 2.45) is 5.92 Å². The van der Waals surface area contributed by atoms with Crippen molar-refractivity contribution in [2.45, 2.75) is 25.7 Å². The van der Waals surface area contributed by atoms with E-state index in [2.05, 4.69) is 39.5 Å². The van der Waals surface area contributed by atoms with Crippen molar-refractivity contribution in [3.63, 3.8) is 0 Å². The normalized spacial score (nSPS) is 16.4. The Labute approximate surface area is 147 Å². The lowest BCUT2D eigenvalue weighted by Crippen LogP contribution is -2.41. The van der Waals surface area contributed by atoms with Crippen molar-refractivity contribution in [3.8, 4) is 0 Å². The molecule has 6 nitrogen and oxygen atoms in total. The smallest absolute Gasteiger partial charge is 0.266 e. The molecule has 1 fully saturated rings. The lowest BCUT2D eigenvalue weighted by atomic mass is 9.95. The number of piperidine rings is 1. The molecule has 1 aromatic carbocycles. The molecule has 2 N–H and O–H groups in total. The Morgan fingerprint density at radius 1 is 1.32 bits per heavy atom. The minimum absolute atomic E-state index is 0.0363. The van der Waals surface area contributed by atoms with E-state index in [1.165, 1.54) is 5.56 Å². The average Bonchev–Trinajstić information content (AvgIpc) is 2.66. The van der Waals surface area contributed by atoms with Crippen LogP contribution in [0.5, 0.6) is 0 Å². The first-order chi connectivity index (χ1) is 12.1. The summed E-state index contributed by atoms with van der Waals surface area (Å²) in [7, 11) is 0. The quantitative estimate of drug-likeness (QED) is 0.871. The van der Waals surface area contributed by atoms with Gasteiger partial charge in [-0.2, -0.15) is 5.10 Å². The lowest BCUT2D eigenvalue weighted by molar-refractivity contribution is -0.125. The van der Waals surface area contributed by atoms with Crippen LogP contribution in [0.3, 0.4) is 0 Å². The van der Waals surface area contributed by atoms with Gasteiger partial charge in [-0.25, -0.2) is 5.10 Å². The third-order valence-corrected chi connectivity index (χ3v) is 4.83. The van der Waals surface area contributed by atoms with Crippen molar-refractivity contribution in [1.82, 2.24) is 15.5 Å². The molecule has 1 amide bonds. The SMILES string of the molecule is CC(CNC(=O)C1CCN(c2cn[nH]c(=O)c2)CC1)c1ccccc1. The first-order valence-corrected chi connectivity index (χ1v) is 8.76. The van der Waals surface area contributed by atoms with Crippen molar-refractivity contribution >= 4 is 11.6 Å². The molecule has 0 bridgehead atoms. The number of H-pyrrole nitrogens is 1. The number of benzene rings is 1. The van der Waals surface area contributed by atoms with E-state index in [0.29, 0.717) is 12.5 Å². The highest BCUT2D eigenvalue weighted by Crippen LogP contribution is 2.22. The van der Waals surface area contributed by atoms with Crippen LogP contribution in [0.4, 0.5) is 5.69 Å². The van der Waals surface area contributed by atoms with Gasteiger partial charge in [-0.3, -0.25) is 9.59 Å². The van der Waals surface area contributed by atoms with E-state index in [1.807, 2.05) is 18.2 Å². The highest BCUT2D eigenvalue weighted by molar-refractivity contribution is 5.79. The molecule has 3 rings (SSSR count). The summed E-state index contributed by atoms with van der Waals surface area (Å²) in [5.74, 6) is 0.466. The second-order valence-corrected chi connectivity index (χ2v) is 6.62. The van der Waals surface area contributed by atoms with Gasteiger partial charge in [-0.15, -0.1) is 0 Å². The zero-order valence-electron chi connectivity index (χ0n) is 14.4. The van der Waals surface area contributed by atoms with Crippen molar-refractivity contribution in [1.29, 1.82) is 0 Å². The first-order valence-electron chi connectivity index (χ1n) is 8.76. The fraction of sp³-hybridized carbons (Fsp3) is 0.421. The second kappa shape index (κ2) is 7.96. The standard InChI is InChI=1S/C19H24N4O2/c1-14(15-5-3-2-4-6-15)12-20-19(25)16-7-9-23(10-8-16)17-11-18(24)22-21-13-17/h2-6,11,13-14,16H,7-10,12H2,1H3,(H,20,25)(H,22,24). The Balaban J connectivity index is 1.48. The molecule has 1 aliphatic heterocycles. The third kappa shape index (κ3) is 4.47. The van der Waals surface area contributed by atoms with Crippen LogP contribution in [0.2, 0.25) is 0 Å². The van der Waals surface area contributed by atoms with E-state index in [1.54, 1.807) is 12.3 Å². The van der Waals surface area contributed by atoms with Gasteiger partial charge in [0.1, 0.15) is 0 Å². The highest BCUT2D eigenvalue weighted by Gasteiger charge is 2.25. The molecule has 2 aromatic rings. The lowest BCUT2D eigenvalue weighted by Gasteiger charge is -2.32. The van der Waals surface area contributed by atoms with E-state index in [-0.39, 0.29) is 17.4 Å². The predicted molar refractivity (Wildman–Crippen MR) is 97.7 cm³/mol. The molecule has 1 aliphatic rings. The molecule has 0 aliphatic carbocycles. The fourth-order valence-electron chi connectivity index (χ4n) is 3.24. The van der Waals surface area contributed by atoms with Gasteiger partial charge in [0, 0.05) is 31.6 Å². The highest BCUT2D eigenvalue weighted by atomic mass is 16.2. The molecule has 6 heteroatoms. The number of nitrogens with zero attached hydrogens (tertiary/aromatic N) is 2. The minimum Gasteiger partial charge on any atom is -0.370 e. The molecule has 0 radical (unpaired) electrons. The van der Waals surface area contributed by atoms with E-state index in [4.69, 9.17) is 0 Å². The topological polar surface area (TPSA) is 78.1 Å². The van der Waals surface area contributed by atoms with Crippen LogP contribution in [0.1, 0.15) is 31.2 Å². The summed E-state index contributed by atoms with van der Waals surface area (Å²) in [5, 5.41) is 9.30. The maximum absolute atomic E-state index is 12.4. The molecule has 1 aromatic heterocycles. The molecule has 1 atom stereocenters. The van der Waals surface area contributed by atoms with Gasteiger partial charge >= 0.3 is 0 Å². The Bertz CT molecular complexity index is 751. The molecule has 1 saturated heterocycles. The second-order valence-electron chi connectivity index (χ2n) is 6.62. The largest absolute Gasteiger partial charge is 0.370 e. The first kappa shape index (κ1) is 17.2. The fourth-order valence-corrected chi connectivity index (χ4v) is 3.24. The maximum Gasteiger partial charge on any atom is 0.266 e. The van der Waals surface area contributed by atoms with Gasteiger partial charge in [0.15, 0.2) is 0 Å². The summed E-state index contributed by atoms with van der Waals surface area (Å²) in [6.45, 7) is 4.30. The Morgan fingerprint density at radius 2 is 2.04 bits per heavy atom. The minimum atomic E-state index is -0.202. The van der Waals surface area contributed by atoms with Gasteiger partial charge in [0.05, 0.1) is 11.9 Å². The van der Waals surface area contributed by atoms with Gasteiger partial charge in [0.25, 0.3) is 5.56 Å². The number of hydrogen-bond acceptors (Lipinski definition) is 4. The van der Waals surface area contributed by atoms with E-state index < -0.39 is 0 Å². The Morgan fingerprint density at radius 3 is 2.72 bits per heavy atom. The number of aromatic amines is 1. The molecular formula is C19H24N4O2. The van der Waals surface area contributed by atoms with Crippen molar-refractivity contribution in [3.05, 3.63) is 58.5 Å². The number of aromatic nitrogens is 2. The average molecular weight is 340 g/mol. The summed E-state index contributed by atoms with van der Waals surface area (Å²) in [4.78, 5) is 25.9. The number of carbonyl (C=O) groups is 1. The van der Waals surface area contributed by atoms with Crippen LogP contribution < -0.4 is 15.8 Å². The monoisotopic (exact) mass is 340 g/mol. The summed E-state index contributed by atoms with van der Waals surface area (Å²) >= 11 is 0. The van der Waals surface area contributed by atoms with Crippen molar-refractivity contribution in [2.75, 3.05) is 24.5 Å². The van der Waals surface area contributed by atoms with Crippen molar-refractivity contribution < 1.29 is 4.79 Å². The van der Waals surface area contributed by atoms with Gasteiger partial charge in [-0.05, 0) is 24.3 Å². The number of carbonyl (C=O) groups excluding carboxylic acids is 1. The number of hydrogen-bond donors (Lipinski definition) is 2. The molecule has 1 unspecified atom stereocenters. The number of anilines is 1. The van der Waals surface area contributed by atoms with E-state index >= 15 is 0 Å². The Kier molecular flexibility index (Phi) is 5.48. The molecule has 132 valence electrons. The van der Waals surface area contributed by atoms with Crippen LogP contribution in [0, 0.1) is 5.92 Å². The summed E-state index contributed by atoms with van der Waals surface area (Å²) in [6, 6.07) is 11.8. The molecule has 25 heavy (non-hydrogen) atoms. The third-order valence-electron chi connectivity index (χ3n) is 4.83. The number of rotatable bonds is 5. The van der Waals surface area contributed by atoms with Crippen LogP contribution in [0.25, 0.3) is 0 Å². The Hall–Kier alpha value is -2.63. The summed E-state index contributed by atoms with van der Waals surface area (Å²) in [6.07, 6.45) is 3.24.